The Morgan fingerprint density at radius 1 is 1.24 bits per heavy atom. The minimum Gasteiger partial charge on any atom is -0.455 e. The van der Waals surface area contributed by atoms with Gasteiger partial charge in [0.1, 0.15) is 22.8 Å². The summed E-state index contributed by atoms with van der Waals surface area (Å²) in [5, 5.41) is 0. The second kappa shape index (κ2) is 5.29. The zero-order valence-electron chi connectivity index (χ0n) is 11.0. The Labute approximate surface area is 127 Å². The maximum absolute atomic E-state index is 12.9. The Kier molecular flexibility index (Phi) is 3.47. The van der Waals surface area contributed by atoms with Crippen molar-refractivity contribution in [2.75, 3.05) is 0 Å². The molecule has 0 aliphatic rings. The molecule has 2 aromatic carbocycles. The number of fused-ring (bicyclic) bond motifs is 1. The lowest BCUT2D eigenvalue weighted by Gasteiger charge is -2.09. The predicted molar refractivity (Wildman–Crippen MR) is 81.3 cm³/mol. The van der Waals surface area contributed by atoms with Crippen LogP contribution in [0.3, 0.4) is 0 Å². The molecular formula is C15H10BrFN2O2. The van der Waals surface area contributed by atoms with Crippen molar-refractivity contribution in [2.24, 2.45) is 0 Å². The van der Waals surface area contributed by atoms with Crippen molar-refractivity contribution < 1.29 is 9.13 Å². The number of rotatable bonds is 2. The van der Waals surface area contributed by atoms with Crippen molar-refractivity contribution in [3.63, 3.8) is 0 Å². The van der Waals surface area contributed by atoms with Crippen LogP contribution in [-0.2, 0) is 0 Å². The third-order valence-electron chi connectivity index (χ3n) is 2.94. The molecule has 0 bridgehead atoms. The monoisotopic (exact) mass is 348 g/mol. The number of ether oxygens (including phenoxy) is 1. The summed E-state index contributed by atoms with van der Waals surface area (Å²) in [6.45, 7) is 1.63. The van der Waals surface area contributed by atoms with Crippen LogP contribution in [0.1, 0.15) is 5.69 Å². The molecule has 0 amide bonds. The Morgan fingerprint density at radius 3 is 2.67 bits per heavy atom. The van der Waals surface area contributed by atoms with Gasteiger partial charge in [-0.3, -0.25) is 4.79 Å². The van der Waals surface area contributed by atoms with Crippen molar-refractivity contribution >= 4 is 27.0 Å². The number of aromatic amines is 1. The summed E-state index contributed by atoms with van der Waals surface area (Å²) in [7, 11) is 0. The number of benzene rings is 2. The molecule has 21 heavy (non-hydrogen) atoms. The lowest BCUT2D eigenvalue weighted by atomic mass is 10.2. The van der Waals surface area contributed by atoms with Gasteiger partial charge in [0.25, 0.3) is 5.56 Å². The number of nitrogens with one attached hydrogen (secondary N) is 1. The number of aromatic nitrogens is 2. The van der Waals surface area contributed by atoms with Crippen LogP contribution < -0.4 is 10.3 Å². The van der Waals surface area contributed by atoms with Gasteiger partial charge < -0.3 is 9.72 Å². The number of H-pyrrole nitrogens is 1. The van der Waals surface area contributed by atoms with Crippen LogP contribution in [0.15, 0.2) is 45.7 Å². The first-order chi connectivity index (χ1) is 10.0. The van der Waals surface area contributed by atoms with E-state index in [4.69, 9.17) is 4.74 Å². The molecule has 3 rings (SSSR count). The molecule has 0 atom stereocenters. The zero-order chi connectivity index (χ0) is 15.0. The Morgan fingerprint density at radius 2 is 1.95 bits per heavy atom. The number of hydrogen-bond acceptors (Lipinski definition) is 3. The highest BCUT2D eigenvalue weighted by molar-refractivity contribution is 9.10. The minimum atomic E-state index is -0.334. The number of nitrogens with zero attached hydrogens (tertiary/aromatic N) is 1. The second-order valence-electron chi connectivity index (χ2n) is 4.51. The van der Waals surface area contributed by atoms with E-state index in [9.17, 15) is 9.18 Å². The van der Waals surface area contributed by atoms with Crippen molar-refractivity contribution in [2.45, 2.75) is 6.92 Å². The highest BCUT2D eigenvalue weighted by atomic mass is 79.9. The van der Waals surface area contributed by atoms with Crippen molar-refractivity contribution in [1.29, 1.82) is 0 Å². The van der Waals surface area contributed by atoms with Crippen LogP contribution in [0.25, 0.3) is 11.0 Å². The fourth-order valence-electron chi connectivity index (χ4n) is 1.92. The van der Waals surface area contributed by atoms with Gasteiger partial charge in [0.05, 0.1) is 5.52 Å². The highest BCUT2D eigenvalue weighted by Gasteiger charge is 2.10. The van der Waals surface area contributed by atoms with Crippen LogP contribution in [0.4, 0.5) is 4.39 Å². The SMILES string of the molecule is Cc1nc2c(Oc3ccc(F)cc3)cc(Br)cc2[nH]c1=O. The molecule has 0 aliphatic heterocycles. The van der Waals surface area contributed by atoms with Gasteiger partial charge in [-0.2, -0.15) is 0 Å². The molecular weight excluding hydrogens is 339 g/mol. The lowest BCUT2D eigenvalue weighted by molar-refractivity contribution is 0.484. The normalized spacial score (nSPS) is 10.8. The highest BCUT2D eigenvalue weighted by Crippen LogP contribution is 2.31. The van der Waals surface area contributed by atoms with Gasteiger partial charge in [0, 0.05) is 4.47 Å². The number of hydrogen-bond donors (Lipinski definition) is 1. The summed E-state index contributed by atoms with van der Waals surface area (Å²) in [6.07, 6.45) is 0. The van der Waals surface area contributed by atoms with Crippen molar-refractivity contribution in [3.05, 3.63) is 62.7 Å². The van der Waals surface area contributed by atoms with Gasteiger partial charge in [0.15, 0.2) is 5.75 Å². The maximum atomic E-state index is 12.9. The molecule has 1 aromatic heterocycles. The molecule has 0 fully saturated rings. The molecule has 0 unspecified atom stereocenters. The standard InChI is InChI=1S/C15H10BrFN2O2/c1-8-15(20)19-12-6-9(16)7-13(14(12)18-8)21-11-4-2-10(17)3-5-11/h2-7H,1H3,(H,19,20). The molecule has 0 radical (unpaired) electrons. The summed E-state index contributed by atoms with van der Waals surface area (Å²) in [5.74, 6) is 0.631. The molecule has 106 valence electrons. The second-order valence-corrected chi connectivity index (χ2v) is 5.42. The predicted octanol–water partition coefficient (Wildman–Crippen LogP) is 3.93. The van der Waals surface area contributed by atoms with E-state index < -0.39 is 0 Å². The molecule has 6 heteroatoms. The van der Waals surface area contributed by atoms with E-state index in [0.717, 1.165) is 4.47 Å². The number of halogens is 2. The Bertz CT molecular complexity index is 875. The van der Waals surface area contributed by atoms with Gasteiger partial charge in [-0.15, -0.1) is 0 Å². The maximum Gasteiger partial charge on any atom is 0.269 e. The molecule has 1 heterocycles. The van der Waals surface area contributed by atoms with Crippen LogP contribution in [0.2, 0.25) is 0 Å². The summed E-state index contributed by atoms with van der Waals surface area (Å²) in [6, 6.07) is 9.19. The van der Waals surface area contributed by atoms with E-state index >= 15 is 0 Å². The summed E-state index contributed by atoms with van der Waals surface area (Å²) in [5.41, 5.74) is 1.22. The van der Waals surface area contributed by atoms with Gasteiger partial charge in [-0.05, 0) is 43.3 Å². The Balaban J connectivity index is 2.14. The van der Waals surface area contributed by atoms with Gasteiger partial charge in [-0.1, -0.05) is 15.9 Å². The largest absolute Gasteiger partial charge is 0.455 e. The van der Waals surface area contributed by atoms with Crippen LogP contribution >= 0.6 is 15.9 Å². The number of aryl methyl sites for hydroxylation is 1. The quantitative estimate of drug-likeness (QED) is 0.763. The van der Waals surface area contributed by atoms with Crippen LogP contribution in [-0.4, -0.2) is 9.97 Å². The molecule has 0 saturated heterocycles. The fraction of sp³-hybridized carbons (Fsp3) is 0.0667. The summed E-state index contributed by atoms with van der Waals surface area (Å²) >= 11 is 3.36. The van der Waals surface area contributed by atoms with Gasteiger partial charge in [0.2, 0.25) is 0 Å². The van der Waals surface area contributed by atoms with Gasteiger partial charge >= 0.3 is 0 Å². The minimum absolute atomic E-state index is 0.242. The average Bonchev–Trinajstić information content (AvgIpc) is 2.43. The van der Waals surface area contributed by atoms with Crippen molar-refractivity contribution in [3.8, 4) is 11.5 Å². The van der Waals surface area contributed by atoms with E-state index in [1.807, 2.05) is 0 Å². The van der Waals surface area contributed by atoms with E-state index in [0.29, 0.717) is 28.2 Å². The molecule has 0 aliphatic carbocycles. The molecule has 1 N–H and O–H groups in total. The van der Waals surface area contributed by atoms with E-state index in [-0.39, 0.29) is 11.4 Å². The third-order valence-corrected chi connectivity index (χ3v) is 3.40. The smallest absolute Gasteiger partial charge is 0.269 e. The zero-order valence-corrected chi connectivity index (χ0v) is 12.6. The first-order valence-electron chi connectivity index (χ1n) is 6.16. The average molecular weight is 349 g/mol. The topological polar surface area (TPSA) is 55.0 Å². The van der Waals surface area contributed by atoms with E-state index in [2.05, 4.69) is 25.9 Å². The van der Waals surface area contributed by atoms with E-state index in [1.54, 1.807) is 19.1 Å². The summed E-state index contributed by atoms with van der Waals surface area (Å²) < 4.78 is 19.4. The van der Waals surface area contributed by atoms with Gasteiger partial charge in [-0.25, -0.2) is 9.37 Å². The molecule has 0 spiro atoms. The molecule has 0 saturated carbocycles. The molecule has 3 aromatic rings. The first-order valence-corrected chi connectivity index (χ1v) is 6.96. The fourth-order valence-corrected chi connectivity index (χ4v) is 2.36. The van der Waals surface area contributed by atoms with E-state index in [1.165, 1.54) is 24.3 Å². The first kappa shape index (κ1) is 13.8. The third kappa shape index (κ3) is 2.80. The van der Waals surface area contributed by atoms with Crippen LogP contribution in [0.5, 0.6) is 11.5 Å². The lowest BCUT2D eigenvalue weighted by Crippen LogP contribution is -2.11. The Hall–Kier alpha value is -2.21. The summed E-state index contributed by atoms with van der Waals surface area (Å²) in [4.78, 5) is 18.6. The molecule has 4 nitrogen and oxygen atoms in total. The van der Waals surface area contributed by atoms with Crippen LogP contribution in [0, 0.1) is 12.7 Å². The van der Waals surface area contributed by atoms with Crippen molar-refractivity contribution in [1.82, 2.24) is 9.97 Å².